The molecule has 0 aliphatic carbocycles. The van der Waals surface area contributed by atoms with Gasteiger partial charge in [-0.15, -0.1) is 0 Å². The molecule has 0 spiro atoms. The second-order valence-electron chi connectivity index (χ2n) is 5.65. The average Bonchev–Trinajstić information content (AvgIpc) is 2.94. The van der Waals surface area contributed by atoms with Gasteiger partial charge in [0.25, 0.3) is 0 Å². The fourth-order valence-electron chi connectivity index (χ4n) is 2.72. The molecule has 0 unspecified atom stereocenters. The highest BCUT2D eigenvalue weighted by Crippen LogP contribution is 2.13. The van der Waals surface area contributed by atoms with Crippen LogP contribution in [0.25, 0.3) is 0 Å². The zero-order valence-corrected chi connectivity index (χ0v) is 12.5. The molecule has 3 nitrogen and oxygen atoms in total. The van der Waals surface area contributed by atoms with Crippen LogP contribution in [0.1, 0.15) is 44.6 Å². The molecule has 1 N–H and O–H groups in total. The van der Waals surface area contributed by atoms with E-state index in [4.69, 9.17) is 0 Å². The quantitative estimate of drug-likeness (QED) is 0.826. The van der Waals surface area contributed by atoms with Crippen molar-refractivity contribution in [2.24, 2.45) is 0 Å². The molecule has 0 radical (unpaired) electrons. The number of nitrogens with zero attached hydrogens (tertiary/aromatic N) is 1. The maximum atomic E-state index is 11.5. The summed E-state index contributed by atoms with van der Waals surface area (Å²) in [4.78, 5) is 14.1. The molecule has 1 aliphatic rings. The van der Waals surface area contributed by atoms with Gasteiger partial charge in [0.2, 0.25) is 5.91 Å². The van der Waals surface area contributed by atoms with Gasteiger partial charge in [-0.05, 0) is 69.4 Å². The number of hydrogen-bond donors (Lipinski definition) is 1. The molecule has 1 aliphatic heterocycles. The van der Waals surface area contributed by atoms with Crippen LogP contribution in [0, 0.1) is 0 Å². The van der Waals surface area contributed by atoms with E-state index in [-0.39, 0.29) is 5.91 Å². The molecule has 20 heavy (non-hydrogen) atoms. The number of anilines is 1. The molecular formula is C17H26N2O. The van der Waals surface area contributed by atoms with Crippen molar-refractivity contribution in [1.82, 2.24) is 4.90 Å². The summed E-state index contributed by atoms with van der Waals surface area (Å²) in [6, 6.07) is 8.29. The van der Waals surface area contributed by atoms with E-state index >= 15 is 0 Å². The van der Waals surface area contributed by atoms with E-state index in [1.54, 1.807) is 0 Å². The van der Waals surface area contributed by atoms with E-state index in [0.29, 0.717) is 6.42 Å². The third kappa shape index (κ3) is 4.97. The third-order valence-electron chi connectivity index (χ3n) is 3.85. The lowest BCUT2D eigenvalue weighted by molar-refractivity contribution is -0.116. The largest absolute Gasteiger partial charge is 0.326 e. The van der Waals surface area contributed by atoms with Crippen molar-refractivity contribution in [2.75, 3.05) is 25.0 Å². The minimum atomic E-state index is 0.106. The molecule has 110 valence electrons. The Morgan fingerprint density at radius 2 is 1.90 bits per heavy atom. The average molecular weight is 274 g/mol. The minimum Gasteiger partial charge on any atom is -0.326 e. The fraction of sp³-hybridized carbons (Fsp3) is 0.588. The van der Waals surface area contributed by atoms with Gasteiger partial charge in [0.15, 0.2) is 0 Å². The summed E-state index contributed by atoms with van der Waals surface area (Å²) in [6.07, 6.45) is 6.57. The maximum absolute atomic E-state index is 11.5. The van der Waals surface area contributed by atoms with Gasteiger partial charge in [0.1, 0.15) is 0 Å². The SMILES string of the molecule is CCCC(=O)Nc1ccc(CCCN2CCCC2)cc1. The maximum Gasteiger partial charge on any atom is 0.224 e. The molecule has 1 fully saturated rings. The summed E-state index contributed by atoms with van der Waals surface area (Å²) >= 11 is 0. The van der Waals surface area contributed by atoms with E-state index < -0.39 is 0 Å². The minimum absolute atomic E-state index is 0.106. The van der Waals surface area contributed by atoms with Crippen molar-refractivity contribution in [3.63, 3.8) is 0 Å². The standard InChI is InChI=1S/C17H26N2O/c1-2-6-17(20)18-16-10-8-15(9-11-16)7-5-14-19-12-3-4-13-19/h8-11H,2-7,12-14H2,1H3,(H,18,20). The normalized spacial score (nSPS) is 15.4. The highest BCUT2D eigenvalue weighted by Gasteiger charge is 2.10. The predicted octanol–water partition coefficient (Wildman–Crippen LogP) is 3.45. The van der Waals surface area contributed by atoms with E-state index in [2.05, 4.69) is 22.3 Å². The van der Waals surface area contributed by atoms with E-state index in [1.807, 2.05) is 19.1 Å². The van der Waals surface area contributed by atoms with Crippen molar-refractivity contribution < 1.29 is 4.79 Å². The first-order chi connectivity index (χ1) is 9.78. The highest BCUT2D eigenvalue weighted by molar-refractivity contribution is 5.90. The number of hydrogen-bond acceptors (Lipinski definition) is 2. The molecule has 0 bridgehead atoms. The molecule has 1 saturated heterocycles. The molecule has 0 atom stereocenters. The molecule has 1 aromatic rings. The van der Waals surface area contributed by atoms with Crippen LogP contribution in [0.15, 0.2) is 24.3 Å². The summed E-state index contributed by atoms with van der Waals surface area (Å²) in [5, 5.41) is 2.92. The number of amides is 1. The van der Waals surface area contributed by atoms with Crippen LogP contribution in [0.5, 0.6) is 0 Å². The smallest absolute Gasteiger partial charge is 0.224 e. The topological polar surface area (TPSA) is 32.3 Å². The number of rotatable bonds is 7. The van der Waals surface area contributed by atoms with E-state index in [1.165, 1.54) is 44.5 Å². The lowest BCUT2D eigenvalue weighted by Crippen LogP contribution is -2.20. The zero-order valence-electron chi connectivity index (χ0n) is 12.5. The second kappa shape index (κ2) is 8.05. The lowest BCUT2D eigenvalue weighted by atomic mass is 10.1. The Hall–Kier alpha value is -1.35. The fourth-order valence-corrected chi connectivity index (χ4v) is 2.72. The Balaban J connectivity index is 1.71. The van der Waals surface area contributed by atoms with Crippen LogP contribution in [-0.2, 0) is 11.2 Å². The van der Waals surface area contributed by atoms with Crippen LogP contribution in [0.3, 0.4) is 0 Å². The van der Waals surface area contributed by atoms with Gasteiger partial charge in [0.05, 0.1) is 0 Å². The zero-order chi connectivity index (χ0) is 14.2. The van der Waals surface area contributed by atoms with Crippen LogP contribution in [0.2, 0.25) is 0 Å². The van der Waals surface area contributed by atoms with Crippen LogP contribution >= 0.6 is 0 Å². The molecular weight excluding hydrogens is 248 g/mol. The lowest BCUT2D eigenvalue weighted by Gasteiger charge is -2.14. The number of benzene rings is 1. The van der Waals surface area contributed by atoms with Crippen LogP contribution in [0.4, 0.5) is 5.69 Å². The first-order valence-corrected chi connectivity index (χ1v) is 7.89. The van der Waals surface area contributed by atoms with Crippen LogP contribution < -0.4 is 5.32 Å². The highest BCUT2D eigenvalue weighted by atomic mass is 16.1. The first kappa shape index (κ1) is 15.0. The van der Waals surface area contributed by atoms with Gasteiger partial charge < -0.3 is 10.2 Å². The molecule has 0 saturated carbocycles. The Morgan fingerprint density at radius 3 is 2.55 bits per heavy atom. The summed E-state index contributed by atoms with van der Waals surface area (Å²) < 4.78 is 0. The first-order valence-electron chi connectivity index (χ1n) is 7.89. The number of likely N-dealkylation sites (tertiary alicyclic amines) is 1. The summed E-state index contributed by atoms with van der Waals surface area (Å²) in [6.45, 7) is 5.79. The summed E-state index contributed by atoms with van der Waals surface area (Å²) in [5.74, 6) is 0.106. The summed E-state index contributed by atoms with van der Waals surface area (Å²) in [7, 11) is 0. The summed E-state index contributed by atoms with van der Waals surface area (Å²) in [5.41, 5.74) is 2.27. The Morgan fingerprint density at radius 1 is 1.20 bits per heavy atom. The predicted molar refractivity (Wildman–Crippen MR) is 84.0 cm³/mol. The van der Waals surface area contributed by atoms with Crippen molar-refractivity contribution in [3.8, 4) is 0 Å². The van der Waals surface area contributed by atoms with Crippen LogP contribution in [-0.4, -0.2) is 30.4 Å². The molecule has 0 aromatic heterocycles. The van der Waals surface area contributed by atoms with Gasteiger partial charge in [-0.25, -0.2) is 0 Å². The monoisotopic (exact) mass is 274 g/mol. The number of aryl methyl sites for hydroxylation is 1. The second-order valence-corrected chi connectivity index (χ2v) is 5.65. The molecule has 2 rings (SSSR count). The molecule has 3 heteroatoms. The Bertz CT molecular complexity index is 408. The number of nitrogens with one attached hydrogen (secondary N) is 1. The number of carbonyl (C=O) groups is 1. The Kier molecular flexibility index (Phi) is 6.06. The van der Waals surface area contributed by atoms with Gasteiger partial charge in [0, 0.05) is 12.1 Å². The number of carbonyl (C=O) groups excluding carboxylic acids is 1. The molecule has 1 amide bonds. The van der Waals surface area contributed by atoms with Crippen molar-refractivity contribution in [3.05, 3.63) is 29.8 Å². The van der Waals surface area contributed by atoms with Gasteiger partial charge in [-0.1, -0.05) is 19.1 Å². The van der Waals surface area contributed by atoms with Crippen molar-refractivity contribution >= 4 is 11.6 Å². The van der Waals surface area contributed by atoms with Gasteiger partial charge >= 0.3 is 0 Å². The van der Waals surface area contributed by atoms with Crippen molar-refractivity contribution in [2.45, 2.75) is 45.4 Å². The van der Waals surface area contributed by atoms with Gasteiger partial charge in [-0.3, -0.25) is 4.79 Å². The molecule has 1 heterocycles. The van der Waals surface area contributed by atoms with Crippen molar-refractivity contribution in [1.29, 1.82) is 0 Å². The third-order valence-corrected chi connectivity index (χ3v) is 3.85. The molecule has 1 aromatic carbocycles. The van der Waals surface area contributed by atoms with E-state index in [0.717, 1.165) is 18.5 Å². The van der Waals surface area contributed by atoms with Gasteiger partial charge in [-0.2, -0.15) is 0 Å². The van der Waals surface area contributed by atoms with E-state index in [9.17, 15) is 4.79 Å². The Labute approximate surface area is 122 Å².